The Balaban J connectivity index is 1.81. The van der Waals surface area contributed by atoms with Crippen molar-refractivity contribution in [1.82, 2.24) is 5.32 Å². The lowest BCUT2D eigenvalue weighted by Crippen LogP contribution is -2.12. The highest BCUT2D eigenvalue weighted by atomic mass is 35.5. The third-order valence-electron chi connectivity index (χ3n) is 3.99. The minimum atomic E-state index is 0.429. The van der Waals surface area contributed by atoms with Crippen LogP contribution in [0.15, 0.2) is 36.4 Å². The standard InChI is InChI=1S/C17H17Cl2NO/c1-20-15-9-8-13-12(15)5-3-7-16(13)21-10-11-4-2-6-14(18)17(11)19/h2-7,15,20H,8-10H2,1H3. The van der Waals surface area contributed by atoms with Crippen LogP contribution in [0.3, 0.4) is 0 Å². The molecule has 0 aromatic heterocycles. The van der Waals surface area contributed by atoms with Crippen molar-refractivity contribution in [3.05, 3.63) is 63.1 Å². The Hall–Kier alpha value is -1.22. The molecular formula is C17H17Cl2NO. The van der Waals surface area contributed by atoms with Gasteiger partial charge in [-0.2, -0.15) is 0 Å². The molecule has 2 nitrogen and oxygen atoms in total. The number of fused-ring (bicyclic) bond motifs is 1. The number of hydrogen-bond donors (Lipinski definition) is 1. The Bertz CT molecular complexity index is 657. The lowest BCUT2D eigenvalue weighted by Gasteiger charge is -2.14. The SMILES string of the molecule is CNC1CCc2c(OCc3cccc(Cl)c3Cl)cccc21. The predicted octanol–water partition coefficient (Wildman–Crippen LogP) is 4.78. The van der Waals surface area contributed by atoms with E-state index in [1.165, 1.54) is 11.1 Å². The van der Waals surface area contributed by atoms with Crippen molar-refractivity contribution in [2.75, 3.05) is 7.05 Å². The molecule has 0 bridgehead atoms. The summed E-state index contributed by atoms with van der Waals surface area (Å²) in [5.41, 5.74) is 3.55. The third-order valence-corrected chi connectivity index (χ3v) is 4.85. The maximum atomic E-state index is 6.20. The largest absolute Gasteiger partial charge is 0.489 e. The van der Waals surface area contributed by atoms with Gasteiger partial charge in [0.05, 0.1) is 10.0 Å². The summed E-state index contributed by atoms with van der Waals surface area (Å²) in [6.07, 6.45) is 2.16. The zero-order valence-electron chi connectivity index (χ0n) is 11.8. The number of hydrogen-bond acceptors (Lipinski definition) is 2. The van der Waals surface area contributed by atoms with Crippen molar-refractivity contribution in [3.63, 3.8) is 0 Å². The van der Waals surface area contributed by atoms with E-state index in [2.05, 4.69) is 11.4 Å². The first kappa shape index (κ1) is 14.7. The zero-order chi connectivity index (χ0) is 14.8. The van der Waals surface area contributed by atoms with Crippen LogP contribution in [-0.4, -0.2) is 7.05 Å². The van der Waals surface area contributed by atoms with E-state index < -0.39 is 0 Å². The van der Waals surface area contributed by atoms with Gasteiger partial charge in [0.25, 0.3) is 0 Å². The lowest BCUT2D eigenvalue weighted by molar-refractivity contribution is 0.303. The fourth-order valence-electron chi connectivity index (χ4n) is 2.87. The minimum Gasteiger partial charge on any atom is -0.489 e. The van der Waals surface area contributed by atoms with Gasteiger partial charge < -0.3 is 10.1 Å². The highest BCUT2D eigenvalue weighted by molar-refractivity contribution is 6.42. The molecule has 0 radical (unpaired) electrons. The summed E-state index contributed by atoms with van der Waals surface area (Å²) < 4.78 is 5.99. The second-order valence-corrected chi connectivity index (χ2v) is 5.99. The molecule has 3 rings (SSSR count). The maximum Gasteiger partial charge on any atom is 0.123 e. The van der Waals surface area contributed by atoms with Gasteiger partial charge in [-0.1, -0.05) is 47.5 Å². The summed E-state index contributed by atoms with van der Waals surface area (Å²) in [6.45, 7) is 0.431. The van der Waals surface area contributed by atoms with Gasteiger partial charge >= 0.3 is 0 Å². The fraction of sp³-hybridized carbons (Fsp3) is 0.294. The van der Waals surface area contributed by atoms with Gasteiger partial charge in [-0.25, -0.2) is 0 Å². The van der Waals surface area contributed by atoms with E-state index in [1.54, 1.807) is 6.07 Å². The summed E-state index contributed by atoms with van der Waals surface area (Å²) >= 11 is 12.2. The number of rotatable bonds is 4. The summed E-state index contributed by atoms with van der Waals surface area (Å²) in [6, 6.07) is 12.3. The Kier molecular flexibility index (Phi) is 4.39. The predicted molar refractivity (Wildman–Crippen MR) is 87.4 cm³/mol. The normalized spacial score (nSPS) is 16.8. The molecule has 4 heteroatoms. The average Bonchev–Trinajstić information content (AvgIpc) is 2.92. The molecule has 1 aliphatic carbocycles. The smallest absolute Gasteiger partial charge is 0.123 e. The Morgan fingerprint density at radius 3 is 2.81 bits per heavy atom. The molecule has 2 aromatic carbocycles. The topological polar surface area (TPSA) is 21.3 Å². The Labute approximate surface area is 135 Å². The van der Waals surface area contributed by atoms with E-state index in [1.807, 2.05) is 31.3 Å². The summed E-state index contributed by atoms with van der Waals surface area (Å²) in [5, 5.41) is 4.47. The zero-order valence-corrected chi connectivity index (χ0v) is 13.3. The molecule has 0 fully saturated rings. The highest BCUT2D eigenvalue weighted by Crippen LogP contribution is 2.37. The van der Waals surface area contributed by atoms with Crippen LogP contribution in [0.1, 0.15) is 29.2 Å². The van der Waals surface area contributed by atoms with Crippen molar-refractivity contribution in [2.24, 2.45) is 0 Å². The first-order chi connectivity index (χ1) is 10.2. The molecule has 21 heavy (non-hydrogen) atoms. The number of nitrogens with one attached hydrogen (secondary N) is 1. The quantitative estimate of drug-likeness (QED) is 0.875. The van der Waals surface area contributed by atoms with E-state index in [4.69, 9.17) is 27.9 Å². The van der Waals surface area contributed by atoms with Gasteiger partial charge in [0.15, 0.2) is 0 Å². The van der Waals surface area contributed by atoms with Gasteiger partial charge in [0.1, 0.15) is 12.4 Å². The molecule has 110 valence electrons. The molecule has 1 N–H and O–H groups in total. The van der Waals surface area contributed by atoms with Gasteiger partial charge in [-0.05, 0) is 43.1 Å². The minimum absolute atomic E-state index is 0.429. The van der Waals surface area contributed by atoms with E-state index in [0.717, 1.165) is 24.2 Å². The number of ether oxygens (including phenoxy) is 1. The van der Waals surface area contributed by atoms with E-state index in [-0.39, 0.29) is 0 Å². The van der Waals surface area contributed by atoms with Crippen LogP contribution < -0.4 is 10.1 Å². The molecule has 0 amide bonds. The number of halogens is 2. The Morgan fingerprint density at radius 1 is 1.19 bits per heavy atom. The lowest BCUT2D eigenvalue weighted by atomic mass is 10.1. The molecule has 0 aliphatic heterocycles. The third kappa shape index (κ3) is 2.89. The van der Waals surface area contributed by atoms with Crippen LogP contribution in [0.5, 0.6) is 5.75 Å². The fourth-order valence-corrected chi connectivity index (χ4v) is 3.25. The molecule has 0 saturated carbocycles. The van der Waals surface area contributed by atoms with Crippen LogP contribution in [0, 0.1) is 0 Å². The van der Waals surface area contributed by atoms with Gasteiger partial charge in [-0.15, -0.1) is 0 Å². The van der Waals surface area contributed by atoms with E-state index >= 15 is 0 Å². The van der Waals surface area contributed by atoms with Crippen molar-refractivity contribution < 1.29 is 4.74 Å². The molecule has 1 atom stereocenters. The van der Waals surface area contributed by atoms with Crippen molar-refractivity contribution in [1.29, 1.82) is 0 Å². The first-order valence-corrected chi connectivity index (χ1v) is 7.81. The van der Waals surface area contributed by atoms with Crippen molar-refractivity contribution >= 4 is 23.2 Å². The van der Waals surface area contributed by atoms with E-state index in [0.29, 0.717) is 22.7 Å². The van der Waals surface area contributed by atoms with Crippen LogP contribution in [0.2, 0.25) is 10.0 Å². The molecule has 1 unspecified atom stereocenters. The summed E-state index contributed by atoms with van der Waals surface area (Å²) in [5.74, 6) is 0.946. The van der Waals surface area contributed by atoms with Crippen LogP contribution >= 0.6 is 23.2 Å². The summed E-state index contributed by atoms with van der Waals surface area (Å²) in [7, 11) is 2.00. The second-order valence-electron chi connectivity index (χ2n) is 5.21. The van der Waals surface area contributed by atoms with Gasteiger partial charge in [0, 0.05) is 11.6 Å². The second kappa shape index (κ2) is 6.27. The van der Waals surface area contributed by atoms with Crippen molar-refractivity contribution in [2.45, 2.75) is 25.5 Å². The van der Waals surface area contributed by atoms with Gasteiger partial charge in [0.2, 0.25) is 0 Å². The monoisotopic (exact) mass is 321 g/mol. The van der Waals surface area contributed by atoms with Crippen LogP contribution in [0.4, 0.5) is 0 Å². The van der Waals surface area contributed by atoms with E-state index in [9.17, 15) is 0 Å². The summed E-state index contributed by atoms with van der Waals surface area (Å²) in [4.78, 5) is 0. The molecule has 1 aliphatic rings. The molecule has 0 heterocycles. The van der Waals surface area contributed by atoms with Gasteiger partial charge in [-0.3, -0.25) is 0 Å². The number of benzene rings is 2. The molecule has 0 spiro atoms. The first-order valence-electron chi connectivity index (χ1n) is 7.05. The Morgan fingerprint density at radius 2 is 2.00 bits per heavy atom. The maximum absolute atomic E-state index is 6.20. The average molecular weight is 322 g/mol. The molecular weight excluding hydrogens is 305 g/mol. The molecule has 2 aromatic rings. The van der Waals surface area contributed by atoms with Crippen molar-refractivity contribution in [3.8, 4) is 5.75 Å². The highest BCUT2D eigenvalue weighted by Gasteiger charge is 2.23. The van der Waals surface area contributed by atoms with Crippen LogP contribution in [0.25, 0.3) is 0 Å². The van der Waals surface area contributed by atoms with Crippen LogP contribution in [-0.2, 0) is 13.0 Å². The molecule has 0 saturated heterocycles.